The van der Waals surface area contributed by atoms with E-state index >= 15 is 0 Å². The molecule has 0 saturated heterocycles. The highest BCUT2D eigenvalue weighted by molar-refractivity contribution is 8.01. The summed E-state index contributed by atoms with van der Waals surface area (Å²) in [5.41, 5.74) is 1.46. The van der Waals surface area contributed by atoms with Gasteiger partial charge in [0.25, 0.3) is 0 Å². The second-order valence-corrected chi connectivity index (χ2v) is 8.83. The standard InChI is InChI=1S/C20H25N3O3S2/c1-26-17-9-5-8-15(10-17)22-19(25)13-28-20-23-16(12-27-20)11-18(24)21-14-6-3-2-4-7-14/h5,8-10,12,14H,2-4,6-7,11,13H2,1H3,(H,21,24)(H,22,25). The molecule has 1 heterocycles. The number of rotatable bonds is 8. The number of thioether (sulfide) groups is 1. The van der Waals surface area contributed by atoms with Gasteiger partial charge in [-0.2, -0.15) is 0 Å². The second kappa shape index (κ2) is 10.5. The van der Waals surface area contributed by atoms with Gasteiger partial charge in [-0.1, -0.05) is 37.1 Å². The highest BCUT2D eigenvalue weighted by atomic mass is 32.2. The topological polar surface area (TPSA) is 80.3 Å². The monoisotopic (exact) mass is 419 g/mol. The van der Waals surface area contributed by atoms with Crippen molar-refractivity contribution in [1.29, 1.82) is 0 Å². The summed E-state index contributed by atoms with van der Waals surface area (Å²) in [7, 11) is 1.59. The maximum atomic E-state index is 12.2. The summed E-state index contributed by atoms with van der Waals surface area (Å²) in [6, 6.07) is 7.56. The number of nitrogens with zero attached hydrogens (tertiary/aromatic N) is 1. The number of thiazole rings is 1. The van der Waals surface area contributed by atoms with Crippen molar-refractivity contribution in [3.8, 4) is 5.75 Å². The van der Waals surface area contributed by atoms with E-state index < -0.39 is 0 Å². The van der Waals surface area contributed by atoms with Crippen molar-refractivity contribution in [3.63, 3.8) is 0 Å². The summed E-state index contributed by atoms with van der Waals surface area (Å²) >= 11 is 2.84. The lowest BCUT2D eigenvalue weighted by atomic mass is 9.95. The number of carbonyl (C=O) groups excluding carboxylic acids is 2. The van der Waals surface area contributed by atoms with Crippen molar-refractivity contribution >= 4 is 40.6 Å². The molecule has 0 radical (unpaired) electrons. The zero-order valence-corrected chi connectivity index (χ0v) is 17.5. The first-order valence-corrected chi connectivity index (χ1v) is 11.3. The van der Waals surface area contributed by atoms with Crippen molar-refractivity contribution < 1.29 is 14.3 Å². The van der Waals surface area contributed by atoms with E-state index in [9.17, 15) is 9.59 Å². The number of anilines is 1. The van der Waals surface area contributed by atoms with Crippen LogP contribution in [0.1, 0.15) is 37.8 Å². The Kier molecular flexibility index (Phi) is 7.73. The molecule has 1 aliphatic carbocycles. The van der Waals surface area contributed by atoms with Crippen molar-refractivity contribution in [2.45, 2.75) is 48.9 Å². The first kappa shape index (κ1) is 20.7. The molecule has 6 nitrogen and oxygen atoms in total. The van der Waals surface area contributed by atoms with Gasteiger partial charge in [0, 0.05) is 23.2 Å². The number of hydrogen-bond donors (Lipinski definition) is 2. The fourth-order valence-corrected chi connectivity index (χ4v) is 4.80. The minimum Gasteiger partial charge on any atom is -0.497 e. The summed E-state index contributed by atoms with van der Waals surface area (Å²) in [5.74, 6) is 0.884. The molecular formula is C20H25N3O3S2. The van der Waals surface area contributed by atoms with E-state index in [0.29, 0.717) is 23.9 Å². The molecule has 0 bridgehead atoms. The number of methoxy groups -OCH3 is 1. The lowest BCUT2D eigenvalue weighted by Crippen LogP contribution is -2.37. The molecule has 2 N–H and O–H groups in total. The van der Waals surface area contributed by atoms with Crippen LogP contribution in [-0.2, 0) is 16.0 Å². The molecule has 150 valence electrons. The van der Waals surface area contributed by atoms with Gasteiger partial charge >= 0.3 is 0 Å². The fraction of sp³-hybridized carbons (Fsp3) is 0.450. The molecule has 1 aromatic heterocycles. The smallest absolute Gasteiger partial charge is 0.234 e. The molecule has 1 saturated carbocycles. The van der Waals surface area contributed by atoms with E-state index in [2.05, 4.69) is 15.6 Å². The Hall–Kier alpha value is -2.06. The van der Waals surface area contributed by atoms with Crippen LogP contribution >= 0.6 is 23.1 Å². The van der Waals surface area contributed by atoms with Crippen LogP contribution < -0.4 is 15.4 Å². The molecule has 0 unspecified atom stereocenters. The summed E-state index contributed by atoms with van der Waals surface area (Å²) in [5, 5.41) is 7.84. The van der Waals surface area contributed by atoms with Crippen molar-refractivity contribution in [2.24, 2.45) is 0 Å². The molecular weight excluding hydrogens is 394 g/mol. The number of nitrogens with one attached hydrogen (secondary N) is 2. The average molecular weight is 420 g/mol. The molecule has 1 aromatic carbocycles. The minimum atomic E-state index is -0.106. The first-order valence-electron chi connectivity index (χ1n) is 9.43. The highest BCUT2D eigenvalue weighted by Crippen LogP contribution is 2.24. The zero-order chi connectivity index (χ0) is 19.8. The van der Waals surface area contributed by atoms with Crippen molar-refractivity contribution in [2.75, 3.05) is 18.2 Å². The van der Waals surface area contributed by atoms with Crippen LogP contribution in [0.3, 0.4) is 0 Å². The van der Waals surface area contributed by atoms with Gasteiger partial charge in [-0.25, -0.2) is 4.98 Å². The molecule has 0 aliphatic heterocycles. The third kappa shape index (κ3) is 6.53. The van der Waals surface area contributed by atoms with Crippen molar-refractivity contribution in [1.82, 2.24) is 10.3 Å². The molecule has 0 atom stereocenters. The maximum absolute atomic E-state index is 12.2. The van der Waals surface area contributed by atoms with Crippen LogP contribution in [0.25, 0.3) is 0 Å². The number of carbonyl (C=O) groups is 2. The number of ether oxygens (including phenoxy) is 1. The van der Waals surface area contributed by atoms with Gasteiger partial charge in [-0.05, 0) is 25.0 Å². The second-order valence-electron chi connectivity index (χ2n) is 6.75. The van der Waals surface area contributed by atoms with Gasteiger partial charge in [0.05, 0.1) is 25.0 Å². The number of hydrogen-bond acceptors (Lipinski definition) is 6. The lowest BCUT2D eigenvalue weighted by Gasteiger charge is -2.22. The van der Waals surface area contributed by atoms with Crippen LogP contribution in [0.2, 0.25) is 0 Å². The van der Waals surface area contributed by atoms with E-state index in [4.69, 9.17) is 4.74 Å². The number of benzene rings is 1. The minimum absolute atomic E-state index is 0.0320. The predicted octanol–water partition coefficient (Wildman–Crippen LogP) is 3.87. The Morgan fingerprint density at radius 2 is 2.07 bits per heavy atom. The summed E-state index contributed by atoms with van der Waals surface area (Å²) in [4.78, 5) is 28.8. The molecule has 1 fully saturated rings. The SMILES string of the molecule is COc1cccc(NC(=O)CSc2nc(CC(=O)NC3CCCCC3)cs2)c1. The van der Waals surface area contributed by atoms with E-state index in [1.54, 1.807) is 13.2 Å². The molecule has 8 heteroatoms. The van der Waals surface area contributed by atoms with Crippen LogP contribution in [0.15, 0.2) is 34.0 Å². The number of amides is 2. The summed E-state index contributed by atoms with van der Waals surface area (Å²) in [6.07, 6.45) is 6.10. The van der Waals surface area contributed by atoms with Crippen LogP contribution in [0.4, 0.5) is 5.69 Å². The van der Waals surface area contributed by atoms with E-state index in [1.807, 2.05) is 23.6 Å². The van der Waals surface area contributed by atoms with E-state index in [-0.39, 0.29) is 17.6 Å². The Balaban J connectivity index is 1.42. The van der Waals surface area contributed by atoms with Gasteiger partial charge in [-0.3, -0.25) is 9.59 Å². The molecule has 0 spiro atoms. The van der Waals surface area contributed by atoms with Crippen molar-refractivity contribution in [3.05, 3.63) is 35.3 Å². The third-order valence-electron chi connectivity index (χ3n) is 4.52. The zero-order valence-electron chi connectivity index (χ0n) is 15.9. The van der Waals surface area contributed by atoms with Crippen LogP contribution in [0, 0.1) is 0 Å². The molecule has 3 rings (SSSR count). The molecule has 28 heavy (non-hydrogen) atoms. The Morgan fingerprint density at radius 1 is 1.25 bits per heavy atom. The van der Waals surface area contributed by atoms with Gasteiger partial charge in [0.2, 0.25) is 11.8 Å². The summed E-state index contributed by atoms with van der Waals surface area (Å²) < 4.78 is 5.94. The Morgan fingerprint density at radius 3 is 2.86 bits per heavy atom. The van der Waals surface area contributed by atoms with E-state index in [0.717, 1.165) is 22.9 Å². The van der Waals surface area contributed by atoms with Gasteiger partial charge < -0.3 is 15.4 Å². The molecule has 2 amide bonds. The Bertz CT molecular complexity index is 803. The molecule has 1 aliphatic rings. The largest absolute Gasteiger partial charge is 0.497 e. The van der Waals surface area contributed by atoms with Gasteiger partial charge in [0.15, 0.2) is 4.34 Å². The van der Waals surface area contributed by atoms with E-state index in [1.165, 1.54) is 42.4 Å². The number of aromatic nitrogens is 1. The maximum Gasteiger partial charge on any atom is 0.234 e. The lowest BCUT2D eigenvalue weighted by molar-refractivity contribution is -0.121. The van der Waals surface area contributed by atoms with Crippen LogP contribution in [-0.4, -0.2) is 35.7 Å². The summed E-state index contributed by atoms with van der Waals surface area (Å²) in [6.45, 7) is 0. The quantitative estimate of drug-likeness (QED) is 0.635. The predicted molar refractivity (Wildman–Crippen MR) is 113 cm³/mol. The van der Waals surface area contributed by atoms with Gasteiger partial charge in [-0.15, -0.1) is 11.3 Å². The van der Waals surface area contributed by atoms with Crippen LogP contribution in [0.5, 0.6) is 5.75 Å². The first-order chi connectivity index (χ1) is 13.6. The highest BCUT2D eigenvalue weighted by Gasteiger charge is 2.17. The van der Waals surface area contributed by atoms with Gasteiger partial charge in [0.1, 0.15) is 5.75 Å². The fourth-order valence-electron chi connectivity index (χ4n) is 3.15. The average Bonchev–Trinajstić information content (AvgIpc) is 3.14. The Labute approximate surface area is 173 Å². The third-order valence-corrected chi connectivity index (χ3v) is 6.59. The molecule has 2 aromatic rings. The normalized spacial score (nSPS) is 14.5.